The predicted octanol–water partition coefficient (Wildman–Crippen LogP) is 22.9. The minimum absolute atomic E-state index is 0.118. The van der Waals surface area contributed by atoms with Crippen LogP contribution >= 0.6 is 0 Å². The molecule has 6 heteroatoms. The number of ether oxygens (including phenoxy) is 3. The van der Waals surface area contributed by atoms with Crippen molar-refractivity contribution in [3.63, 3.8) is 0 Å². The molecule has 0 spiro atoms. The zero-order chi connectivity index (χ0) is 58.5. The summed E-state index contributed by atoms with van der Waals surface area (Å²) in [5.74, 6) is -1.02. The van der Waals surface area contributed by atoms with E-state index in [4.69, 9.17) is 14.2 Å². The fourth-order valence-electron chi connectivity index (χ4n) is 8.68. The molecule has 0 radical (unpaired) electrons. The number of hydrogen-bond acceptors (Lipinski definition) is 6. The lowest BCUT2D eigenvalue weighted by molar-refractivity contribution is -0.166. The van der Waals surface area contributed by atoms with E-state index in [-0.39, 0.29) is 31.6 Å². The summed E-state index contributed by atoms with van der Waals surface area (Å²) >= 11 is 0. The quantitative estimate of drug-likeness (QED) is 0.0261. The van der Waals surface area contributed by atoms with Crippen molar-refractivity contribution >= 4 is 17.9 Å². The van der Waals surface area contributed by atoms with Crippen molar-refractivity contribution in [3.05, 3.63) is 158 Å². The van der Waals surface area contributed by atoms with E-state index in [1.54, 1.807) is 0 Å². The third kappa shape index (κ3) is 65.7. The monoisotopic (exact) mass is 1120 g/mol. The highest BCUT2D eigenvalue weighted by Crippen LogP contribution is 2.16. The van der Waals surface area contributed by atoms with Gasteiger partial charge in [-0.1, -0.05) is 301 Å². The van der Waals surface area contributed by atoms with Gasteiger partial charge in [0.05, 0.1) is 0 Å². The first kappa shape index (κ1) is 76.0. The van der Waals surface area contributed by atoms with E-state index in [2.05, 4.69) is 173 Å². The molecule has 0 saturated carbocycles. The van der Waals surface area contributed by atoms with Crippen molar-refractivity contribution in [2.75, 3.05) is 13.2 Å². The standard InChI is InChI=1S/C75H120O6/c1-4-7-10-13-16-19-22-25-28-31-33-34-35-36-37-38-39-40-42-44-47-50-53-56-59-62-65-68-74(77)80-71-72(70-79-73(76)67-64-61-58-55-52-49-46-43-30-27-24-21-18-15-12-9-6-3)81-75(78)69-66-63-60-57-54-51-48-45-41-32-29-26-23-20-17-14-11-8-5-2/h7-8,10-11,16-17,19-20,25-26,28-29,33-34,36-37,39-41,44-45,47,51,54,60,63,72H,4-6,9,12-15,18,21-24,27,30-32,35,38,42-43,46,48-50,52-53,55-59,61-62,64-71H2,1-3H3/b10-7-,11-8-,19-16-,20-17-,28-25-,29-26-,34-33-,37-36-,40-39-,45-41-,47-44-,54-51-,63-60-. The largest absolute Gasteiger partial charge is 0.462 e. The van der Waals surface area contributed by atoms with Gasteiger partial charge in [-0.05, 0) is 116 Å². The molecule has 1 unspecified atom stereocenters. The van der Waals surface area contributed by atoms with Crippen molar-refractivity contribution in [2.45, 2.75) is 284 Å². The van der Waals surface area contributed by atoms with Crippen LogP contribution in [0.2, 0.25) is 0 Å². The lowest BCUT2D eigenvalue weighted by Gasteiger charge is -2.18. The summed E-state index contributed by atoms with van der Waals surface area (Å²) in [6, 6.07) is 0. The highest BCUT2D eigenvalue weighted by atomic mass is 16.6. The van der Waals surface area contributed by atoms with Crippen LogP contribution in [-0.4, -0.2) is 37.2 Å². The second-order valence-corrected chi connectivity index (χ2v) is 21.3. The van der Waals surface area contributed by atoms with Gasteiger partial charge in [-0.25, -0.2) is 0 Å². The predicted molar refractivity (Wildman–Crippen MR) is 352 cm³/mol. The Morgan fingerprint density at radius 3 is 0.802 bits per heavy atom. The van der Waals surface area contributed by atoms with Gasteiger partial charge in [-0.3, -0.25) is 14.4 Å². The molecule has 0 bridgehead atoms. The van der Waals surface area contributed by atoms with E-state index < -0.39 is 12.1 Å². The van der Waals surface area contributed by atoms with Gasteiger partial charge in [0.1, 0.15) is 13.2 Å². The molecule has 0 aromatic heterocycles. The molecule has 1 atom stereocenters. The van der Waals surface area contributed by atoms with Crippen LogP contribution in [0.15, 0.2) is 158 Å². The van der Waals surface area contributed by atoms with Gasteiger partial charge in [-0.15, -0.1) is 0 Å². The van der Waals surface area contributed by atoms with Crippen molar-refractivity contribution in [1.82, 2.24) is 0 Å². The molecule has 6 nitrogen and oxygen atoms in total. The van der Waals surface area contributed by atoms with E-state index >= 15 is 0 Å². The number of carbonyl (C=O) groups is 3. The smallest absolute Gasteiger partial charge is 0.306 e. The number of rotatable bonds is 58. The van der Waals surface area contributed by atoms with Gasteiger partial charge in [0.25, 0.3) is 0 Å². The van der Waals surface area contributed by atoms with E-state index in [1.807, 2.05) is 6.08 Å². The lowest BCUT2D eigenvalue weighted by atomic mass is 10.0. The van der Waals surface area contributed by atoms with Crippen LogP contribution in [0, 0.1) is 0 Å². The molecule has 0 saturated heterocycles. The normalized spacial score (nSPS) is 13.2. The first-order valence-electron chi connectivity index (χ1n) is 33.0. The SMILES string of the molecule is CC/C=C\C/C=C\C/C=C\C/C=C\C/C=C\C/C=C\C/C=C\CCCCCCCC(=O)OCC(COC(=O)CCCCCCCCCCCCCCCCCCC)OC(=O)CC/C=C\C/C=C\C/C=C\C/C=C\C/C=C\C/C=C\CC. The average Bonchev–Trinajstić information content (AvgIpc) is 3.47. The van der Waals surface area contributed by atoms with Gasteiger partial charge < -0.3 is 14.2 Å². The van der Waals surface area contributed by atoms with Gasteiger partial charge in [0, 0.05) is 19.3 Å². The summed E-state index contributed by atoms with van der Waals surface area (Å²) < 4.78 is 16.9. The minimum Gasteiger partial charge on any atom is -0.462 e. The third-order valence-corrected chi connectivity index (χ3v) is 13.5. The van der Waals surface area contributed by atoms with Crippen molar-refractivity contribution in [3.8, 4) is 0 Å². The molecule has 0 heterocycles. The molecule has 0 aliphatic carbocycles. The Morgan fingerprint density at radius 2 is 0.506 bits per heavy atom. The Hall–Kier alpha value is -4.97. The second-order valence-electron chi connectivity index (χ2n) is 21.3. The van der Waals surface area contributed by atoms with Gasteiger partial charge in [0.15, 0.2) is 6.10 Å². The number of esters is 3. The van der Waals surface area contributed by atoms with Crippen LogP contribution in [0.4, 0.5) is 0 Å². The highest BCUT2D eigenvalue weighted by Gasteiger charge is 2.19. The van der Waals surface area contributed by atoms with Gasteiger partial charge in [0.2, 0.25) is 0 Å². The molecule has 0 amide bonds. The van der Waals surface area contributed by atoms with Crippen molar-refractivity contribution in [2.24, 2.45) is 0 Å². The van der Waals surface area contributed by atoms with Crippen molar-refractivity contribution < 1.29 is 28.6 Å². The first-order chi connectivity index (χ1) is 40.0. The molecular weight excluding hydrogens is 997 g/mol. The number of unbranched alkanes of at least 4 members (excludes halogenated alkanes) is 21. The molecule has 0 aromatic rings. The molecule has 456 valence electrons. The van der Waals surface area contributed by atoms with E-state index in [0.29, 0.717) is 19.3 Å². The summed E-state index contributed by atoms with van der Waals surface area (Å²) in [7, 11) is 0. The maximum atomic E-state index is 12.9. The Labute approximate surface area is 499 Å². The fraction of sp³-hybridized carbons (Fsp3) is 0.613. The lowest BCUT2D eigenvalue weighted by Crippen LogP contribution is -2.30. The highest BCUT2D eigenvalue weighted by molar-refractivity contribution is 5.71. The molecule has 0 aliphatic heterocycles. The Balaban J connectivity index is 4.52. The number of allylic oxidation sites excluding steroid dienone is 26. The second kappa shape index (κ2) is 67.5. The summed E-state index contributed by atoms with van der Waals surface area (Å²) in [4.78, 5) is 38.4. The summed E-state index contributed by atoms with van der Waals surface area (Å²) in [5.41, 5.74) is 0. The Kier molecular flexibility index (Phi) is 63.4. The zero-order valence-corrected chi connectivity index (χ0v) is 52.2. The molecule has 0 fully saturated rings. The van der Waals surface area contributed by atoms with Gasteiger partial charge in [-0.2, -0.15) is 0 Å². The topological polar surface area (TPSA) is 78.9 Å². The zero-order valence-electron chi connectivity index (χ0n) is 52.2. The molecule has 0 aromatic carbocycles. The Bertz CT molecular complexity index is 1810. The van der Waals surface area contributed by atoms with E-state index in [9.17, 15) is 14.4 Å². The number of carbonyl (C=O) groups excluding carboxylic acids is 3. The van der Waals surface area contributed by atoms with Crippen LogP contribution in [0.5, 0.6) is 0 Å². The van der Waals surface area contributed by atoms with Crippen LogP contribution < -0.4 is 0 Å². The van der Waals surface area contributed by atoms with Crippen LogP contribution in [0.3, 0.4) is 0 Å². The fourth-order valence-corrected chi connectivity index (χ4v) is 8.68. The van der Waals surface area contributed by atoms with Gasteiger partial charge >= 0.3 is 17.9 Å². The van der Waals surface area contributed by atoms with E-state index in [1.165, 1.54) is 89.9 Å². The van der Waals surface area contributed by atoms with Crippen LogP contribution in [0.25, 0.3) is 0 Å². The molecule has 0 N–H and O–H groups in total. The third-order valence-electron chi connectivity index (χ3n) is 13.5. The van der Waals surface area contributed by atoms with E-state index in [0.717, 1.165) is 141 Å². The molecule has 81 heavy (non-hydrogen) atoms. The summed E-state index contributed by atoms with van der Waals surface area (Å²) in [5, 5.41) is 0. The molecular formula is C75H120O6. The maximum Gasteiger partial charge on any atom is 0.306 e. The minimum atomic E-state index is -0.835. The van der Waals surface area contributed by atoms with Crippen molar-refractivity contribution in [1.29, 1.82) is 0 Å². The average molecular weight is 1120 g/mol. The first-order valence-corrected chi connectivity index (χ1v) is 33.0. The Morgan fingerprint density at radius 1 is 0.259 bits per heavy atom. The maximum absolute atomic E-state index is 12.9. The number of hydrogen-bond donors (Lipinski definition) is 0. The van der Waals surface area contributed by atoms with Crippen LogP contribution in [-0.2, 0) is 28.6 Å². The van der Waals surface area contributed by atoms with Crippen LogP contribution in [0.1, 0.15) is 278 Å². The molecule has 0 aliphatic rings. The summed E-state index contributed by atoms with van der Waals surface area (Å²) in [6.45, 7) is 6.35. The summed E-state index contributed by atoms with van der Waals surface area (Å²) in [6.07, 6.45) is 98.3. The molecule has 0 rings (SSSR count).